The Morgan fingerprint density at radius 3 is 2.55 bits per heavy atom. The smallest absolute Gasteiger partial charge is 0.321 e. The molecule has 2 aromatic heterocycles. The quantitative estimate of drug-likeness (QED) is 0.335. The predicted octanol–water partition coefficient (Wildman–Crippen LogP) is 6.12. The van der Waals surface area contributed by atoms with Gasteiger partial charge in [0.1, 0.15) is 11.7 Å². The van der Waals surface area contributed by atoms with E-state index in [4.69, 9.17) is 0 Å². The van der Waals surface area contributed by atoms with Gasteiger partial charge in [-0.25, -0.2) is 4.98 Å². The maximum atomic E-state index is 12.5. The number of hydrogen-bond acceptors (Lipinski definition) is 4. The van der Waals surface area contributed by atoms with Crippen molar-refractivity contribution in [1.82, 2.24) is 19.2 Å². The summed E-state index contributed by atoms with van der Waals surface area (Å²) in [5.41, 5.74) is 3.79. The summed E-state index contributed by atoms with van der Waals surface area (Å²) >= 11 is 0. The van der Waals surface area contributed by atoms with Gasteiger partial charge in [0.15, 0.2) is 0 Å². The molecule has 3 atom stereocenters. The number of aliphatic carboxylic acids is 1. The number of hydrogen-bond donors (Lipinski definition) is 1. The summed E-state index contributed by atoms with van der Waals surface area (Å²) in [7, 11) is 0. The van der Waals surface area contributed by atoms with Crippen LogP contribution in [0, 0.1) is 17.8 Å². The van der Waals surface area contributed by atoms with E-state index in [-0.39, 0.29) is 6.04 Å². The molecule has 3 unspecified atom stereocenters. The molecule has 0 radical (unpaired) electrons. The Bertz CT molecular complexity index is 1230. The van der Waals surface area contributed by atoms with Crippen LogP contribution in [0.15, 0.2) is 61.1 Å². The van der Waals surface area contributed by atoms with Crippen molar-refractivity contribution in [2.75, 3.05) is 32.7 Å². The van der Waals surface area contributed by atoms with Gasteiger partial charge in [-0.1, -0.05) is 62.1 Å². The molecule has 1 aromatic carbocycles. The summed E-state index contributed by atoms with van der Waals surface area (Å²) in [6, 6.07) is 14.9. The molecule has 2 saturated heterocycles. The fourth-order valence-corrected chi connectivity index (χ4v) is 8.00. The number of imidazole rings is 1. The van der Waals surface area contributed by atoms with E-state index in [0.29, 0.717) is 17.8 Å². The van der Waals surface area contributed by atoms with Gasteiger partial charge in [-0.3, -0.25) is 9.69 Å². The first-order valence-corrected chi connectivity index (χ1v) is 15.8. The number of carboxylic acids is 1. The first kappa shape index (κ1) is 27.5. The van der Waals surface area contributed by atoms with E-state index in [2.05, 4.69) is 67.8 Å². The third kappa shape index (κ3) is 6.44. The van der Waals surface area contributed by atoms with Gasteiger partial charge in [-0.05, 0) is 86.6 Å². The second-order valence-electron chi connectivity index (χ2n) is 12.8. The number of carbonyl (C=O) groups is 1. The van der Waals surface area contributed by atoms with Gasteiger partial charge in [0.2, 0.25) is 0 Å². The molecule has 2 aliphatic heterocycles. The molecule has 3 aromatic rings. The van der Waals surface area contributed by atoms with Crippen molar-refractivity contribution in [3.05, 3.63) is 72.2 Å². The molecule has 214 valence electrons. The number of fused-ring (bicyclic) bond motifs is 1. The Morgan fingerprint density at radius 2 is 1.77 bits per heavy atom. The van der Waals surface area contributed by atoms with Crippen LogP contribution in [0.3, 0.4) is 0 Å². The number of benzene rings is 1. The van der Waals surface area contributed by atoms with Gasteiger partial charge in [-0.15, -0.1) is 0 Å². The van der Waals surface area contributed by atoms with Gasteiger partial charge in [0, 0.05) is 44.1 Å². The molecular formula is C34H46N4O2. The van der Waals surface area contributed by atoms with Crippen molar-refractivity contribution in [3.8, 4) is 0 Å². The van der Waals surface area contributed by atoms with Gasteiger partial charge < -0.3 is 14.4 Å². The maximum Gasteiger partial charge on any atom is 0.321 e. The van der Waals surface area contributed by atoms with Crippen molar-refractivity contribution in [2.24, 2.45) is 17.8 Å². The summed E-state index contributed by atoms with van der Waals surface area (Å²) in [6.45, 7) is 5.23. The third-order valence-electron chi connectivity index (χ3n) is 10.2. The minimum Gasteiger partial charge on any atom is -0.480 e. The van der Waals surface area contributed by atoms with Crippen molar-refractivity contribution in [1.29, 1.82) is 0 Å². The zero-order chi connectivity index (χ0) is 27.3. The molecule has 3 fully saturated rings. The number of rotatable bonds is 10. The first-order valence-electron chi connectivity index (χ1n) is 15.8. The van der Waals surface area contributed by atoms with Crippen LogP contribution in [-0.4, -0.2) is 69.0 Å². The van der Waals surface area contributed by atoms with Crippen molar-refractivity contribution < 1.29 is 9.90 Å². The van der Waals surface area contributed by atoms with E-state index in [0.717, 1.165) is 50.5 Å². The Morgan fingerprint density at radius 1 is 0.975 bits per heavy atom. The second-order valence-corrected chi connectivity index (χ2v) is 12.8. The van der Waals surface area contributed by atoms with E-state index in [1.807, 2.05) is 12.4 Å². The van der Waals surface area contributed by atoms with E-state index >= 15 is 0 Å². The largest absolute Gasteiger partial charge is 0.480 e. The highest BCUT2D eigenvalue weighted by Crippen LogP contribution is 2.38. The van der Waals surface area contributed by atoms with E-state index in [1.54, 1.807) is 0 Å². The van der Waals surface area contributed by atoms with Gasteiger partial charge in [-0.2, -0.15) is 0 Å². The van der Waals surface area contributed by atoms with Crippen LogP contribution in [0.5, 0.6) is 0 Å². The number of aromatic nitrogens is 2. The fraction of sp³-hybridized carbons (Fsp3) is 0.588. The molecule has 6 nitrogen and oxygen atoms in total. The van der Waals surface area contributed by atoms with Gasteiger partial charge in [0.25, 0.3) is 0 Å². The number of nitrogens with zero attached hydrogens (tertiary/aromatic N) is 4. The highest BCUT2D eigenvalue weighted by molar-refractivity contribution is 5.74. The minimum absolute atomic E-state index is 0.305. The first-order chi connectivity index (χ1) is 19.6. The number of carboxylic acid groups (broad SMARTS) is 1. The fourth-order valence-electron chi connectivity index (χ4n) is 8.00. The van der Waals surface area contributed by atoms with Crippen LogP contribution < -0.4 is 0 Å². The molecular weight excluding hydrogens is 496 g/mol. The van der Waals surface area contributed by atoms with Gasteiger partial charge in [0.05, 0.1) is 0 Å². The Labute approximate surface area is 239 Å². The van der Waals surface area contributed by atoms with Gasteiger partial charge >= 0.3 is 5.97 Å². The van der Waals surface area contributed by atoms with Crippen LogP contribution >= 0.6 is 0 Å². The molecule has 3 aliphatic rings. The summed E-state index contributed by atoms with van der Waals surface area (Å²) in [6.07, 6.45) is 18.1. The lowest BCUT2D eigenvalue weighted by molar-refractivity contribution is -0.145. The maximum absolute atomic E-state index is 12.5. The lowest BCUT2D eigenvalue weighted by atomic mass is 9.83. The minimum atomic E-state index is -0.606. The van der Waals surface area contributed by atoms with Crippen molar-refractivity contribution >= 4 is 11.6 Å². The Balaban J connectivity index is 1.03. The summed E-state index contributed by atoms with van der Waals surface area (Å²) in [5.74, 6) is 1.42. The summed E-state index contributed by atoms with van der Waals surface area (Å²) < 4.78 is 2.12. The average molecular weight is 543 g/mol. The van der Waals surface area contributed by atoms with E-state index in [1.165, 1.54) is 69.2 Å². The molecule has 4 heterocycles. The zero-order valence-electron chi connectivity index (χ0n) is 23.9. The monoisotopic (exact) mass is 542 g/mol. The lowest BCUT2D eigenvalue weighted by Gasteiger charge is -2.35. The molecule has 1 saturated carbocycles. The third-order valence-corrected chi connectivity index (χ3v) is 10.2. The number of aryl methyl sites for hydroxylation is 1. The van der Waals surface area contributed by atoms with Crippen LogP contribution in [0.2, 0.25) is 0 Å². The molecule has 6 heteroatoms. The Hall–Kier alpha value is -2.70. The summed E-state index contributed by atoms with van der Waals surface area (Å²) in [4.78, 5) is 21.9. The molecule has 1 N–H and O–H groups in total. The second kappa shape index (κ2) is 12.9. The van der Waals surface area contributed by atoms with Crippen molar-refractivity contribution in [2.45, 2.75) is 76.2 Å². The highest BCUT2D eigenvalue weighted by atomic mass is 16.4. The Kier molecular flexibility index (Phi) is 8.83. The molecule has 0 bridgehead atoms. The number of piperidine rings is 1. The molecule has 40 heavy (non-hydrogen) atoms. The van der Waals surface area contributed by atoms with Crippen LogP contribution in [-0.2, 0) is 11.2 Å². The lowest BCUT2D eigenvalue weighted by Crippen LogP contribution is -2.46. The summed E-state index contributed by atoms with van der Waals surface area (Å²) in [5, 5.41) is 10.3. The molecule has 6 rings (SSSR count). The van der Waals surface area contributed by atoms with E-state index < -0.39 is 5.97 Å². The van der Waals surface area contributed by atoms with Crippen molar-refractivity contribution in [3.63, 3.8) is 0 Å². The normalized spacial score (nSPS) is 24.5. The standard InChI is InChI=1S/C34H46N4O2/c39-34(40)33(29-12-5-2-6-13-29)38-24-30(31(25-38)28-10-3-1-4-11-28)23-36-19-16-26(17-20-36)8-7-9-27-14-15-32-35-18-21-37(32)22-27/h1,3-4,10-11,14-15,18,21-22,26,29-31,33H,2,5-9,12-13,16-17,19-20,23-25H2,(H,39,40). The molecule has 0 spiro atoms. The number of pyridine rings is 1. The molecule has 1 aliphatic carbocycles. The number of likely N-dealkylation sites (tertiary alicyclic amines) is 2. The predicted molar refractivity (Wildman–Crippen MR) is 160 cm³/mol. The molecule has 0 amide bonds. The van der Waals surface area contributed by atoms with Crippen LogP contribution in [0.1, 0.15) is 74.8 Å². The van der Waals surface area contributed by atoms with Crippen LogP contribution in [0.4, 0.5) is 0 Å². The zero-order valence-corrected chi connectivity index (χ0v) is 23.9. The average Bonchev–Trinajstić information content (AvgIpc) is 3.62. The highest BCUT2D eigenvalue weighted by Gasteiger charge is 2.43. The van der Waals surface area contributed by atoms with Crippen LogP contribution in [0.25, 0.3) is 5.65 Å². The topological polar surface area (TPSA) is 61.1 Å². The van der Waals surface area contributed by atoms with E-state index in [9.17, 15) is 9.90 Å². The SMILES string of the molecule is O=C(O)C(C1CCCCC1)N1CC(CN2CCC(CCCc3ccc4nccn4c3)CC2)C(c2ccccc2)C1.